The van der Waals surface area contributed by atoms with Gasteiger partial charge in [0, 0.05) is 24.2 Å². The van der Waals surface area contributed by atoms with Gasteiger partial charge in [0.2, 0.25) is 10.0 Å². The molecule has 0 spiro atoms. The Morgan fingerprint density at radius 3 is 2.79 bits per heavy atom. The van der Waals surface area contributed by atoms with Crippen LogP contribution in [-0.2, 0) is 14.8 Å². The van der Waals surface area contributed by atoms with Gasteiger partial charge in [-0.15, -0.1) is 0 Å². The lowest BCUT2D eigenvalue weighted by Crippen LogP contribution is -2.47. The molecule has 0 radical (unpaired) electrons. The highest BCUT2D eigenvalue weighted by Gasteiger charge is 2.38. The molecule has 24 heavy (non-hydrogen) atoms. The molecule has 2 atom stereocenters. The Morgan fingerprint density at radius 1 is 1.33 bits per heavy atom. The minimum absolute atomic E-state index is 0.0320. The second kappa shape index (κ2) is 6.31. The van der Waals surface area contributed by atoms with Gasteiger partial charge in [-0.2, -0.15) is 4.31 Å². The summed E-state index contributed by atoms with van der Waals surface area (Å²) in [5.74, 6) is -1.66. The molecule has 0 saturated carbocycles. The van der Waals surface area contributed by atoms with Gasteiger partial charge < -0.3 is 5.11 Å². The van der Waals surface area contributed by atoms with E-state index in [9.17, 15) is 18.3 Å². The van der Waals surface area contributed by atoms with Gasteiger partial charge in [-0.1, -0.05) is 23.7 Å². The maximum absolute atomic E-state index is 13.1. The number of hydrogen-bond donors (Lipinski definition) is 1. The average Bonchev–Trinajstić information content (AvgIpc) is 2.54. The number of hydrogen-bond acceptors (Lipinski definition) is 4. The van der Waals surface area contributed by atoms with Crippen LogP contribution in [0.15, 0.2) is 35.4 Å². The molecular formula is C16H17ClN2O4S. The average molecular weight is 369 g/mol. The maximum atomic E-state index is 13.1. The third kappa shape index (κ3) is 2.87. The Bertz CT molecular complexity index is 900. The van der Waals surface area contributed by atoms with E-state index in [2.05, 4.69) is 4.98 Å². The van der Waals surface area contributed by atoms with E-state index in [4.69, 9.17) is 11.6 Å². The first-order valence-electron chi connectivity index (χ1n) is 7.60. The molecular weight excluding hydrogens is 352 g/mol. The zero-order valence-corrected chi connectivity index (χ0v) is 14.6. The number of carboxylic acid groups (broad SMARTS) is 1. The molecule has 128 valence electrons. The smallest absolute Gasteiger partial charge is 0.307 e. The van der Waals surface area contributed by atoms with Gasteiger partial charge >= 0.3 is 5.97 Å². The van der Waals surface area contributed by atoms with E-state index < -0.39 is 21.9 Å². The molecule has 0 aliphatic carbocycles. The van der Waals surface area contributed by atoms with Crippen molar-refractivity contribution in [3.05, 3.63) is 35.5 Å². The Hall–Kier alpha value is -1.70. The molecule has 8 heteroatoms. The minimum atomic E-state index is -3.87. The molecule has 1 aromatic heterocycles. The van der Waals surface area contributed by atoms with Gasteiger partial charge in [-0.25, -0.2) is 8.42 Å². The highest BCUT2D eigenvalue weighted by Crippen LogP contribution is 2.32. The molecule has 2 unspecified atom stereocenters. The molecule has 3 rings (SSSR count). The van der Waals surface area contributed by atoms with E-state index in [0.717, 1.165) is 0 Å². The number of benzene rings is 1. The summed E-state index contributed by atoms with van der Waals surface area (Å²) in [6.45, 7) is 1.76. The van der Waals surface area contributed by atoms with Crippen molar-refractivity contribution in [2.45, 2.75) is 30.7 Å². The number of para-hydroxylation sites is 1. The third-order valence-corrected chi connectivity index (χ3v) is 6.78. The third-order valence-electron chi connectivity index (χ3n) is 4.44. The van der Waals surface area contributed by atoms with Crippen LogP contribution >= 0.6 is 11.6 Å². The highest BCUT2D eigenvalue weighted by atomic mass is 35.5. The number of fused-ring (bicyclic) bond motifs is 1. The van der Waals surface area contributed by atoms with Gasteiger partial charge in [0.05, 0.1) is 16.5 Å². The SMILES string of the molecule is CC1CCC(C(=O)O)CN1S(=O)(=O)c1cccc2c(Cl)ccnc12. The van der Waals surface area contributed by atoms with Crippen LogP contribution in [0.5, 0.6) is 0 Å². The maximum Gasteiger partial charge on any atom is 0.307 e. The fraction of sp³-hybridized carbons (Fsp3) is 0.375. The van der Waals surface area contributed by atoms with Gasteiger partial charge in [-0.3, -0.25) is 9.78 Å². The first-order chi connectivity index (χ1) is 11.3. The van der Waals surface area contributed by atoms with Crippen LogP contribution in [0.4, 0.5) is 0 Å². The van der Waals surface area contributed by atoms with Crippen LogP contribution in [-0.4, -0.2) is 41.4 Å². The zero-order chi connectivity index (χ0) is 17.5. The summed E-state index contributed by atoms with van der Waals surface area (Å²) in [4.78, 5) is 15.5. The van der Waals surface area contributed by atoms with Crippen molar-refractivity contribution in [2.75, 3.05) is 6.54 Å². The zero-order valence-electron chi connectivity index (χ0n) is 13.0. The fourth-order valence-corrected chi connectivity index (χ4v) is 5.14. The molecule has 0 bridgehead atoms. The summed E-state index contributed by atoms with van der Waals surface area (Å²) in [5, 5.41) is 10.2. The van der Waals surface area contributed by atoms with Gasteiger partial charge in [0.1, 0.15) is 4.90 Å². The van der Waals surface area contributed by atoms with Crippen LogP contribution in [0.2, 0.25) is 5.02 Å². The first kappa shape index (κ1) is 17.1. The second-order valence-electron chi connectivity index (χ2n) is 5.98. The number of nitrogens with zero attached hydrogens (tertiary/aromatic N) is 2. The Kier molecular flexibility index (Phi) is 4.50. The molecule has 1 aliphatic rings. The van der Waals surface area contributed by atoms with E-state index in [-0.39, 0.29) is 17.5 Å². The van der Waals surface area contributed by atoms with E-state index in [1.807, 2.05) is 0 Å². The highest BCUT2D eigenvalue weighted by molar-refractivity contribution is 7.89. The summed E-state index contributed by atoms with van der Waals surface area (Å²) >= 11 is 6.13. The molecule has 1 aliphatic heterocycles. The van der Waals surface area contributed by atoms with Gasteiger partial charge in [0.15, 0.2) is 0 Å². The number of rotatable bonds is 3. The van der Waals surface area contributed by atoms with Crippen molar-refractivity contribution in [3.8, 4) is 0 Å². The van der Waals surface area contributed by atoms with Gasteiger partial charge in [0.25, 0.3) is 0 Å². The van der Waals surface area contributed by atoms with Crippen molar-refractivity contribution in [1.29, 1.82) is 0 Å². The summed E-state index contributed by atoms with van der Waals surface area (Å²) < 4.78 is 27.6. The number of aliphatic carboxylic acids is 1. The normalized spacial score (nSPS) is 22.6. The summed E-state index contributed by atoms with van der Waals surface area (Å²) in [6.07, 6.45) is 2.45. The first-order valence-corrected chi connectivity index (χ1v) is 9.42. The van der Waals surface area contributed by atoms with E-state index in [0.29, 0.717) is 28.8 Å². The van der Waals surface area contributed by atoms with Crippen molar-refractivity contribution >= 4 is 38.5 Å². The summed E-state index contributed by atoms with van der Waals surface area (Å²) in [7, 11) is -3.87. The van der Waals surface area contributed by atoms with Crippen LogP contribution in [0.1, 0.15) is 19.8 Å². The Balaban J connectivity index is 2.11. The summed E-state index contributed by atoms with van der Waals surface area (Å²) in [5.41, 5.74) is 0.301. The molecule has 1 aromatic carbocycles. The van der Waals surface area contributed by atoms with Crippen molar-refractivity contribution in [1.82, 2.24) is 9.29 Å². The quantitative estimate of drug-likeness (QED) is 0.900. The molecule has 1 saturated heterocycles. The van der Waals surface area contributed by atoms with E-state index >= 15 is 0 Å². The molecule has 2 aromatic rings. The van der Waals surface area contributed by atoms with Crippen molar-refractivity contribution in [3.63, 3.8) is 0 Å². The topological polar surface area (TPSA) is 87.6 Å². The standard InChI is InChI=1S/C16H17ClN2O4S/c1-10-5-6-11(16(20)21)9-19(10)24(22,23)14-4-2-3-12-13(17)7-8-18-15(12)14/h2-4,7-8,10-11H,5-6,9H2,1H3,(H,20,21). The van der Waals surface area contributed by atoms with Crippen molar-refractivity contribution < 1.29 is 18.3 Å². The fourth-order valence-electron chi connectivity index (χ4n) is 3.06. The van der Waals surface area contributed by atoms with Crippen LogP contribution in [0.25, 0.3) is 10.9 Å². The van der Waals surface area contributed by atoms with Crippen LogP contribution < -0.4 is 0 Å². The monoisotopic (exact) mass is 368 g/mol. The number of pyridine rings is 1. The predicted octanol–water partition coefficient (Wildman–Crippen LogP) is 2.76. The number of piperidine rings is 1. The van der Waals surface area contributed by atoms with E-state index in [1.165, 1.54) is 16.6 Å². The second-order valence-corrected chi connectivity index (χ2v) is 8.25. The van der Waals surface area contributed by atoms with Crippen molar-refractivity contribution in [2.24, 2.45) is 5.92 Å². The lowest BCUT2D eigenvalue weighted by atomic mass is 9.96. The number of sulfonamides is 1. The summed E-state index contributed by atoms with van der Waals surface area (Å²) in [6, 6.07) is 6.15. The minimum Gasteiger partial charge on any atom is -0.481 e. The number of aromatic nitrogens is 1. The number of halogens is 1. The molecule has 1 N–H and O–H groups in total. The molecule has 2 heterocycles. The Labute approximate surface area is 145 Å². The predicted molar refractivity (Wildman–Crippen MR) is 90.5 cm³/mol. The molecule has 0 amide bonds. The molecule has 1 fully saturated rings. The van der Waals surface area contributed by atoms with E-state index in [1.54, 1.807) is 25.1 Å². The van der Waals surface area contributed by atoms with Crippen LogP contribution in [0, 0.1) is 5.92 Å². The lowest BCUT2D eigenvalue weighted by molar-refractivity contribution is -0.143. The lowest BCUT2D eigenvalue weighted by Gasteiger charge is -2.35. The number of carboxylic acids is 1. The van der Waals surface area contributed by atoms with Crippen LogP contribution in [0.3, 0.4) is 0 Å². The Morgan fingerprint density at radius 2 is 2.08 bits per heavy atom. The molecule has 6 nitrogen and oxygen atoms in total. The largest absolute Gasteiger partial charge is 0.481 e. The van der Waals surface area contributed by atoms with Gasteiger partial charge in [-0.05, 0) is 31.9 Å². The number of carbonyl (C=O) groups is 1.